The van der Waals surface area contributed by atoms with E-state index in [-0.39, 0.29) is 39.2 Å². The smallest absolute Gasteiger partial charge is 0.331 e. The lowest BCUT2D eigenvalue weighted by atomic mass is 9.33. The third-order valence-corrected chi connectivity index (χ3v) is 14.5. The number of rotatable bonds is 4. The summed E-state index contributed by atoms with van der Waals surface area (Å²) in [4.78, 5) is 26.0. The molecule has 0 bridgehead atoms. The molecule has 0 unspecified atom stereocenters. The van der Waals surface area contributed by atoms with Crippen LogP contribution in [0.4, 0.5) is 0 Å². The molecular formula is C39H54O6. The summed E-state index contributed by atoms with van der Waals surface area (Å²) < 4.78 is 6.04. The number of benzene rings is 1. The van der Waals surface area contributed by atoms with Crippen LogP contribution in [0, 0.1) is 50.2 Å². The van der Waals surface area contributed by atoms with Gasteiger partial charge in [0.05, 0.1) is 11.5 Å². The molecular weight excluding hydrogens is 564 g/mol. The summed E-state index contributed by atoms with van der Waals surface area (Å²) in [7, 11) is 0. The van der Waals surface area contributed by atoms with Crippen molar-refractivity contribution in [2.24, 2.45) is 50.2 Å². The molecule has 0 aromatic heterocycles. The minimum absolute atomic E-state index is 0.0131. The van der Waals surface area contributed by atoms with E-state index >= 15 is 0 Å². The van der Waals surface area contributed by atoms with Gasteiger partial charge in [-0.1, -0.05) is 72.2 Å². The molecule has 0 saturated heterocycles. The number of fused-ring (bicyclic) bond motifs is 7. The molecule has 0 radical (unpaired) electrons. The summed E-state index contributed by atoms with van der Waals surface area (Å²) in [6.07, 6.45) is 12.0. The number of carbonyl (C=O) groups is 2. The third kappa shape index (κ3) is 4.74. The number of hydrogen-bond donors (Lipinski definition) is 3. The standard InChI is InChI=1S/C39H54O6/c1-34(2)18-20-39(33(43)44)21-19-37(6)26(27(39)22-34)13-14-30-36(5)23-28(41)32(35(3,4)29(36)16-17-38(30,37)7)45-31(42)15-10-24-8-11-25(40)12-9-24/h8-13,15,27-30,32,40-41H,14,16-23H2,1-7H3,(H,43,44)/t27-,28+,29-,30+,32-,36-,37+,38+,39-/m0/s1. The molecule has 0 aliphatic heterocycles. The fourth-order valence-electron chi connectivity index (χ4n) is 11.9. The Hall–Kier alpha value is -2.60. The molecule has 9 atom stereocenters. The Morgan fingerprint density at radius 1 is 0.889 bits per heavy atom. The molecule has 0 spiro atoms. The first-order valence-electron chi connectivity index (χ1n) is 17.2. The number of carboxylic acids is 1. The highest BCUT2D eigenvalue weighted by molar-refractivity contribution is 5.87. The molecule has 0 heterocycles. The van der Waals surface area contributed by atoms with E-state index in [1.165, 1.54) is 11.6 Å². The summed E-state index contributed by atoms with van der Waals surface area (Å²) in [5.41, 5.74) is 0.991. The SMILES string of the molecule is CC1(C)CC[C@]2(C(=O)O)CC[C@]3(C)C(=CC[C@@H]4[C@@]5(C)C[C@@H](O)[C@H](OC(=O)C=Cc6ccc(O)cc6)C(C)(C)[C@@H]5CC[C@]43C)[C@@H]2C1. The Morgan fingerprint density at radius 2 is 1.56 bits per heavy atom. The van der Waals surface area contributed by atoms with Crippen molar-refractivity contribution in [2.75, 3.05) is 0 Å². The van der Waals surface area contributed by atoms with Crippen LogP contribution in [0.3, 0.4) is 0 Å². The first-order valence-corrected chi connectivity index (χ1v) is 17.2. The van der Waals surface area contributed by atoms with Crippen molar-refractivity contribution >= 4 is 18.0 Å². The second-order valence-corrected chi connectivity index (χ2v) is 17.6. The highest BCUT2D eigenvalue weighted by atomic mass is 16.6. The van der Waals surface area contributed by atoms with Crippen LogP contribution in [0.5, 0.6) is 5.75 Å². The van der Waals surface area contributed by atoms with Crippen LogP contribution in [0.2, 0.25) is 0 Å². The zero-order chi connectivity index (χ0) is 32.8. The molecule has 5 aliphatic rings. The van der Waals surface area contributed by atoms with Gasteiger partial charge in [-0.25, -0.2) is 4.79 Å². The monoisotopic (exact) mass is 618 g/mol. The summed E-state index contributed by atoms with van der Waals surface area (Å²) in [6.45, 7) is 16.3. The maximum Gasteiger partial charge on any atom is 0.331 e. The van der Waals surface area contributed by atoms with E-state index in [1.807, 2.05) is 0 Å². The molecule has 1 aromatic carbocycles. The van der Waals surface area contributed by atoms with Crippen LogP contribution in [0.25, 0.3) is 6.08 Å². The number of carbonyl (C=O) groups excluding carboxylic acids is 1. The van der Waals surface area contributed by atoms with Gasteiger partial charge in [0.1, 0.15) is 11.9 Å². The van der Waals surface area contributed by atoms with E-state index in [9.17, 15) is 24.9 Å². The van der Waals surface area contributed by atoms with Crippen molar-refractivity contribution in [3.8, 4) is 5.75 Å². The van der Waals surface area contributed by atoms with Gasteiger partial charge in [0.15, 0.2) is 0 Å². The minimum atomic E-state index is -0.780. The first-order chi connectivity index (χ1) is 20.9. The maximum atomic E-state index is 13.0. The minimum Gasteiger partial charge on any atom is -0.508 e. The molecule has 1 aromatic rings. The fraction of sp³-hybridized carbons (Fsp3) is 0.692. The Bertz CT molecular complexity index is 1420. The molecule has 6 rings (SSSR count). The quantitative estimate of drug-likeness (QED) is 0.179. The van der Waals surface area contributed by atoms with Gasteiger partial charge in [-0.2, -0.15) is 0 Å². The van der Waals surface area contributed by atoms with Crippen LogP contribution < -0.4 is 0 Å². The second-order valence-electron chi connectivity index (χ2n) is 17.6. The topological polar surface area (TPSA) is 104 Å². The number of carboxylic acid groups (broad SMARTS) is 1. The van der Waals surface area contributed by atoms with Crippen LogP contribution >= 0.6 is 0 Å². The average Bonchev–Trinajstić information content (AvgIpc) is 2.94. The van der Waals surface area contributed by atoms with Gasteiger partial charge in [0.2, 0.25) is 0 Å². The first kappa shape index (κ1) is 32.3. The summed E-state index contributed by atoms with van der Waals surface area (Å²) >= 11 is 0. The Kier molecular flexibility index (Phi) is 7.51. The number of ether oxygens (including phenoxy) is 1. The van der Waals surface area contributed by atoms with Crippen molar-refractivity contribution in [1.82, 2.24) is 0 Å². The van der Waals surface area contributed by atoms with Crippen LogP contribution in [-0.2, 0) is 14.3 Å². The largest absolute Gasteiger partial charge is 0.508 e. The Morgan fingerprint density at radius 3 is 2.22 bits per heavy atom. The molecule has 0 amide bonds. The van der Waals surface area contributed by atoms with Crippen LogP contribution in [-0.4, -0.2) is 39.5 Å². The molecule has 246 valence electrons. The summed E-state index contributed by atoms with van der Waals surface area (Å²) in [5.74, 6) is -0.230. The molecule has 4 saturated carbocycles. The maximum absolute atomic E-state index is 13.0. The number of phenols is 1. The number of aromatic hydroxyl groups is 1. The molecule has 5 aliphatic carbocycles. The molecule has 6 nitrogen and oxygen atoms in total. The van der Waals surface area contributed by atoms with E-state index in [1.54, 1.807) is 30.3 Å². The van der Waals surface area contributed by atoms with E-state index in [2.05, 4.69) is 54.5 Å². The third-order valence-electron chi connectivity index (χ3n) is 14.5. The second kappa shape index (κ2) is 10.5. The summed E-state index contributed by atoms with van der Waals surface area (Å²) in [5, 5.41) is 31.9. The van der Waals surface area contributed by atoms with Gasteiger partial charge in [-0.15, -0.1) is 0 Å². The normalized spacial score (nSPS) is 43.2. The van der Waals surface area contributed by atoms with Crippen molar-refractivity contribution < 1.29 is 29.6 Å². The van der Waals surface area contributed by atoms with E-state index in [0.717, 1.165) is 56.9 Å². The predicted octanol–water partition coefficient (Wildman–Crippen LogP) is 8.17. The number of allylic oxidation sites excluding steroid dienone is 2. The zero-order valence-electron chi connectivity index (χ0n) is 28.4. The summed E-state index contributed by atoms with van der Waals surface area (Å²) in [6, 6.07) is 6.62. The van der Waals surface area contributed by atoms with Crippen molar-refractivity contribution in [3.63, 3.8) is 0 Å². The number of hydrogen-bond acceptors (Lipinski definition) is 5. The van der Waals surface area contributed by atoms with Crippen LogP contribution in [0.1, 0.15) is 112 Å². The number of esters is 1. The van der Waals surface area contributed by atoms with E-state index < -0.39 is 35.0 Å². The van der Waals surface area contributed by atoms with E-state index in [4.69, 9.17) is 4.74 Å². The Balaban J connectivity index is 1.29. The lowest BCUT2D eigenvalue weighted by molar-refractivity contribution is -0.238. The number of aliphatic hydroxyl groups excluding tert-OH is 1. The van der Waals surface area contributed by atoms with Gasteiger partial charge >= 0.3 is 11.9 Å². The molecule has 4 fully saturated rings. The molecule has 6 heteroatoms. The average molecular weight is 619 g/mol. The van der Waals surface area contributed by atoms with Gasteiger partial charge in [-0.3, -0.25) is 4.79 Å². The van der Waals surface area contributed by atoms with E-state index in [0.29, 0.717) is 12.3 Å². The van der Waals surface area contributed by atoms with Gasteiger partial charge in [-0.05, 0) is 121 Å². The van der Waals surface area contributed by atoms with Crippen molar-refractivity contribution in [3.05, 3.63) is 47.6 Å². The van der Waals surface area contributed by atoms with Gasteiger partial charge in [0, 0.05) is 11.5 Å². The number of phenolic OH excluding ortho intramolecular Hbond substituents is 1. The highest BCUT2D eigenvalue weighted by Gasteiger charge is 2.70. The lowest BCUT2D eigenvalue weighted by Gasteiger charge is -2.71. The Labute approximate surface area is 269 Å². The molecule has 45 heavy (non-hydrogen) atoms. The van der Waals surface area contributed by atoms with Crippen molar-refractivity contribution in [1.29, 1.82) is 0 Å². The van der Waals surface area contributed by atoms with Crippen LogP contribution in [0.15, 0.2) is 42.0 Å². The van der Waals surface area contributed by atoms with Gasteiger partial charge in [0.25, 0.3) is 0 Å². The lowest BCUT2D eigenvalue weighted by Crippen LogP contribution is -2.67. The number of aliphatic carboxylic acids is 1. The predicted molar refractivity (Wildman–Crippen MR) is 175 cm³/mol. The van der Waals surface area contributed by atoms with Crippen molar-refractivity contribution in [2.45, 2.75) is 118 Å². The number of aliphatic hydroxyl groups is 1. The zero-order valence-corrected chi connectivity index (χ0v) is 28.4. The van der Waals surface area contributed by atoms with Gasteiger partial charge < -0.3 is 20.1 Å². The molecule has 3 N–H and O–H groups in total. The highest BCUT2D eigenvalue weighted by Crippen LogP contribution is 2.75. The fourth-order valence-corrected chi connectivity index (χ4v) is 11.9.